The SMILES string of the molecule is COC=CC(=O)O.O=C1CCC(=O)N1O. The third kappa shape index (κ3) is 5.42. The second-order valence-corrected chi connectivity index (χ2v) is 2.48. The minimum Gasteiger partial charge on any atom is -0.504 e. The van der Waals surface area contributed by atoms with Crippen LogP contribution in [0.25, 0.3) is 0 Å². The first-order chi connectivity index (χ1) is 6.99. The van der Waals surface area contributed by atoms with Gasteiger partial charge >= 0.3 is 5.97 Å². The first-order valence-corrected chi connectivity index (χ1v) is 3.96. The molecule has 0 spiro atoms. The molecule has 1 rings (SSSR count). The summed E-state index contributed by atoms with van der Waals surface area (Å²) in [4.78, 5) is 30.1. The predicted octanol–water partition coefficient (Wildman–Crippen LogP) is -0.244. The summed E-state index contributed by atoms with van der Waals surface area (Å²) in [6.45, 7) is 0. The first kappa shape index (κ1) is 13.1. The van der Waals surface area contributed by atoms with Gasteiger partial charge in [-0.05, 0) is 0 Å². The smallest absolute Gasteiger partial charge is 0.331 e. The van der Waals surface area contributed by atoms with E-state index in [1.807, 2.05) is 0 Å². The zero-order valence-corrected chi connectivity index (χ0v) is 8.04. The van der Waals surface area contributed by atoms with Gasteiger partial charge in [0, 0.05) is 12.8 Å². The van der Waals surface area contributed by atoms with Gasteiger partial charge in [-0.2, -0.15) is 5.06 Å². The normalized spacial score (nSPS) is 15.2. The molecular weight excluding hydrogens is 206 g/mol. The largest absolute Gasteiger partial charge is 0.504 e. The van der Waals surface area contributed by atoms with Gasteiger partial charge in [-0.1, -0.05) is 0 Å². The van der Waals surface area contributed by atoms with Crippen LogP contribution in [0.3, 0.4) is 0 Å². The summed E-state index contributed by atoms with van der Waals surface area (Å²) in [5, 5.41) is 16.4. The van der Waals surface area contributed by atoms with Crippen LogP contribution in [0.2, 0.25) is 0 Å². The summed E-state index contributed by atoms with van der Waals surface area (Å²) in [6.07, 6.45) is 2.31. The van der Waals surface area contributed by atoms with Crippen molar-refractivity contribution in [2.24, 2.45) is 0 Å². The van der Waals surface area contributed by atoms with Crippen LogP contribution in [-0.2, 0) is 19.1 Å². The van der Waals surface area contributed by atoms with Crippen LogP contribution in [0.5, 0.6) is 0 Å². The second-order valence-electron chi connectivity index (χ2n) is 2.48. The average Bonchev–Trinajstić information content (AvgIpc) is 2.47. The summed E-state index contributed by atoms with van der Waals surface area (Å²) in [7, 11) is 1.39. The summed E-state index contributed by atoms with van der Waals surface area (Å²) >= 11 is 0. The maximum Gasteiger partial charge on any atom is 0.331 e. The number of hydrogen-bond donors (Lipinski definition) is 2. The highest BCUT2D eigenvalue weighted by molar-refractivity contribution is 6.00. The minimum absolute atomic E-state index is 0.148. The molecule has 1 aliphatic heterocycles. The Kier molecular flexibility index (Phi) is 5.72. The van der Waals surface area contributed by atoms with E-state index < -0.39 is 17.8 Å². The number of rotatable bonds is 2. The third-order valence-electron chi connectivity index (χ3n) is 1.37. The number of imide groups is 1. The van der Waals surface area contributed by atoms with Gasteiger partial charge in [0.2, 0.25) is 0 Å². The van der Waals surface area contributed by atoms with Crippen molar-refractivity contribution in [1.29, 1.82) is 0 Å². The summed E-state index contributed by atoms with van der Waals surface area (Å²) < 4.78 is 4.29. The highest BCUT2D eigenvalue weighted by Crippen LogP contribution is 2.06. The van der Waals surface area contributed by atoms with Crippen molar-refractivity contribution in [2.45, 2.75) is 12.8 Å². The molecule has 2 N–H and O–H groups in total. The van der Waals surface area contributed by atoms with Gasteiger partial charge in [-0.15, -0.1) is 0 Å². The molecule has 0 aromatic heterocycles. The standard InChI is InChI=1S/C4H5NO3.C4H6O3/c6-3-1-2-4(7)5(3)8;1-7-3-2-4(5)6/h8H,1-2H2;2-3H,1H3,(H,5,6). The zero-order chi connectivity index (χ0) is 11.8. The Morgan fingerprint density at radius 1 is 1.40 bits per heavy atom. The van der Waals surface area contributed by atoms with E-state index in [0.29, 0.717) is 0 Å². The summed E-state index contributed by atoms with van der Waals surface area (Å²) in [5.74, 6) is -2.01. The number of hydrogen-bond acceptors (Lipinski definition) is 5. The van der Waals surface area contributed by atoms with Crippen LogP contribution < -0.4 is 0 Å². The highest BCUT2D eigenvalue weighted by atomic mass is 16.5. The van der Waals surface area contributed by atoms with Gasteiger partial charge in [0.05, 0.1) is 19.4 Å². The molecule has 0 aromatic rings. The number of carbonyl (C=O) groups excluding carboxylic acids is 2. The number of methoxy groups -OCH3 is 1. The predicted molar refractivity (Wildman–Crippen MR) is 46.7 cm³/mol. The lowest BCUT2D eigenvalue weighted by atomic mass is 10.4. The quantitative estimate of drug-likeness (QED) is 0.286. The van der Waals surface area contributed by atoms with Gasteiger partial charge < -0.3 is 9.84 Å². The number of carboxylic acid groups (broad SMARTS) is 1. The average molecular weight is 217 g/mol. The molecule has 0 saturated carbocycles. The monoisotopic (exact) mass is 217 g/mol. The number of carboxylic acids is 1. The number of hydroxylamine groups is 2. The molecule has 1 heterocycles. The second kappa shape index (κ2) is 6.55. The Bertz CT molecular complexity index is 269. The highest BCUT2D eigenvalue weighted by Gasteiger charge is 2.26. The maximum atomic E-state index is 10.2. The Balaban J connectivity index is 0.000000265. The molecular formula is C8H11NO6. The zero-order valence-electron chi connectivity index (χ0n) is 8.04. The van der Waals surface area contributed by atoms with Crippen molar-refractivity contribution in [3.63, 3.8) is 0 Å². The van der Waals surface area contributed by atoms with E-state index >= 15 is 0 Å². The van der Waals surface area contributed by atoms with E-state index in [0.717, 1.165) is 12.3 Å². The van der Waals surface area contributed by atoms with Gasteiger partial charge in [0.1, 0.15) is 0 Å². The molecule has 1 saturated heterocycles. The van der Waals surface area contributed by atoms with Crippen LogP contribution in [-0.4, -0.2) is 40.3 Å². The van der Waals surface area contributed by atoms with Gasteiger partial charge in [0.15, 0.2) is 0 Å². The summed E-state index contributed by atoms with van der Waals surface area (Å²) in [6, 6.07) is 0. The molecule has 0 radical (unpaired) electrons. The minimum atomic E-state index is -0.998. The van der Waals surface area contributed by atoms with Gasteiger partial charge in [0.25, 0.3) is 11.8 Å². The maximum absolute atomic E-state index is 10.2. The fourth-order valence-corrected chi connectivity index (χ4v) is 0.691. The Morgan fingerprint density at radius 2 is 1.87 bits per heavy atom. The lowest BCUT2D eigenvalue weighted by molar-refractivity contribution is -0.171. The molecule has 15 heavy (non-hydrogen) atoms. The summed E-state index contributed by atoms with van der Waals surface area (Å²) in [5.41, 5.74) is 0. The topological polar surface area (TPSA) is 104 Å². The molecule has 0 atom stereocenters. The Labute approximate surface area is 85.5 Å². The number of amides is 2. The fraction of sp³-hybridized carbons (Fsp3) is 0.375. The van der Waals surface area contributed by atoms with Crippen LogP contribution in [0.4, 0.5) is 0 Å². The van der Waals surface area contributed by atoms with E-state index in [4.69, 9.17) is 10.3 Å². The van der Waals surface area contributed by atoms with Crippen LogP contribution in [0.1, 0.15) is 12.8 Å². The van der Waals surface area contributed by atoms with Crippen molar-refractivity contribution in [3.05, 3.63) is 12.3 Å². The third-order valence-corrected chi connectivity index (χ3v) is 1.37. The van der Waals surface area contributed by atoms with Crippen molar-refractivity contribution in [3.8, 4) is 0 Å². The van der Waals surface area contributed by atoms with Crippen LogP contribution >= 0.6 is 0 Å². The van der Waals surface area contributed by atoms with E-state index in [9.17, 15) is 14.4 Å². The first-order valence-electron chi connectivity index (χ1n) is 3.96. The number of aliphatic carboxylic acids is 1. The van der Waals surface area contributed by atoms with Crippen LogP contribution in [0, 0.1) is 0 Å². The molecule has 2 amide bonds. The molecule has 84 valence electrons. The Morgan fingerprint density at radius 3 is 2.00 bits per heavy atom. The molecule has 7 heteroatoms. The van der Waals surface area contributed by atoms with E-state index in [-0.39, 0.29) is 17.9 Å². The van der Waals surface area contributed by atoms with Gasteiger partial charge in [-0.25, -0.2) is 4.79 Å². The van der Waals surface area contributed by atoms with E-state index in [1.165, 1.54) is 7.11 Å². The van der Waals surface area contributed by atoms with Crippen molar-refractivity contribution in [1.82, 2.24) is 5.06 Å². The number of nitrogens with zero attached hydrogens (tertiary/aromatic N) is 1. The van der Waals surface area contributed by atoms with E-state index in [2.05, 4.69) is 4.74 Å². The lowest BCUT2D eigenvalue weighted by Crippen LogP contribution is -2.24. The molecule has 7 nitrogen and oxygen atoms in total. The molecule has 0 bridgehead atoms. The van der Waals surface area contributed by atoms with Crippen molar-refractivity contribution < 1.29 is 29.4 Å². The van der Waals surface area contributed by atoms with Crippen LogP contribution in [0.15, 0.2) is 12.3 Å². The molecule has 0 unspecified atom stereocenters. The van der Waals surface area contributed by atoms with E-state index in [1.54, 1.807) is 0 Å². The molecule has 1 fully saturated rings. The van der Waals surface area contributed by atoms with Crippen molar-refractivity contribution >= 4 is 17.8 Å². The Hall–Kier alpha value is -1.89. The molecule has 0 aliphatic carbocycles. The molecule has 1 aliphatic rings. The van der Waals surface area contributed by atoms with Gasteiger partial charge in [-0.3, -0.25) is 14.8 Å². The fourth-order valence-electron chi connectivity index (χ4n) is 0.691. The number of carbonyl (C=O) groups is 3. The lowest BCUT2D eigenvalue weighted by Gasteiger charge is -1.98. The number of ether oxygens (including phenoxy) is 1. The van der Waals surface area contributed by atoms with Crippen molar-refractivity contribution in [2.75, 3.05) is 7.11 Å². The molecule has 0 aromatic carbocycles.